The van der Waals surface area contributed by atoms with E-state index >= 15 is 0 Å². The van der Waals surface area contributed by atoms with Crippen molar-refractivity contribution >= 4 is 78.6 Å². The molecule has 0 bridgehead atoms. The average molecular weight is 335 g/mol. The van der Waals surface area contributed by atoms with E-state index in [0.717, 1.165) is 4.57 Å². The van der Waals surface area contributed by atoms with Crippen LogP contribution in [0.1, 0.15) is 12.2 Å². The van der Waals surface area contributed by atoms with Crippen molar-refractivity contribution in [2.45, 2.75) is 24.0 Å². The Morgan fingerprint density at radius 2 is 1.85 bits per heavy atom. The Bertz CT molecular complexity index is 1050. The number of rotatable bonds is 1. The maximum Gasteiger partial charge on any atom is 0.263 e. The van der Waals surface area contributed by atoms with Gasteiger partial charge >= 0.3 is 0 Å². The highest BCUT2D eigenvalue weighted by Gasteiger charge is 2.53. The van der Waals surface area contributed by atoms with Crippen LogP contribution in [0.3, 0.4) is 0 Å². The number of hydrogen-bond acceptors (Lipinski definition) is 5. The summed E-state index contributed by atoms with van der Waals surface area (Å²) in [6.45, 7) is 1.41. The number of benzene rings is 1. The molecule has 2 heterocycles. The molecular formula is C14H9B5N4O3. The van der Waals surface area contributed by atoms with Gasteiger partial charge < -0.3 is 5.73 Å². The molecule has 0 aliphatic carbocycles. The zero-order valence-corrected chi connectivity index (χ0v) is 13.9. The third-order valence-electron chi connectivity index (χ3n) is 4.53. The Morgan fingerprint density at radius 3 is 2.42 bits per heavy atom. The van der Waals surface area contributed by atoms with Crippen molar-refractivity contribution in [1.82, 2.24) is 14.9 Å². The molecular weight excluding hydrogens is 326 g/mol. The second-order valence-electron chi connectivity index (χ2n) is 6.35. The molecule has 1 saturated heterocycles. The summed E-state index contributed by atoms with van der Waals surface area (Å²) in [5.74, 6) is -1.75. The number of aromatic nitrogens is 2. The van der Waals surface area contributed by atoms with E-state index in [0.29, 0.717) is 0 Å². The number of nitrogen functional groups attached to an aromatic ring is 1. The highest BCUT2D eigenvalue weighted by atomic mass is 16.2. The predicted octanol–water partition coefficient (Wildman–Crippen LogP) is -3.80. The fourth-order valence-electron chi connectivity index (χ4n) is 3.14. The standard InChI is InChI=1S/C14H9B5N4O3/c1-4-21-10-8(6(20)2-5(15)9(10)16)11(25)23(4)14(19)12(26)22-7(24)3-13(14,17)18/h2H,3,20H2,1H3,(H,22,24,26). The van der Waals surface area contributed by atoms with Gasteiger partial charge in [-0.3, -0.25) is 24.3 Å². The fourth-order valence-corrected chi connectivity index (χ4v) is 3.14. The molecule has 10 radical (unpaired) electrons. The van der Waals surface area contributed by atoms with Gasteiger partial charge in [0.05, 0.1) is 32.0 Å². The molecule has 0 spiro atoms. The normalized spacial score (nSPS) is 22.3. The van der Waals surface area contributed by atoms with Crippen molar-refractivity contribution in [3.05, 3.63) is 22.2 Å². The summed E-state index contributed by atoms with van der Waals surface area (Å²) >= 11 is 0. The Balaban J connectivity index is 2.45. The van der Waals surface area contributed by atoms with Crippen LogP contribution in [-0.4, -0.2) is 60.6 Å². The van der Waals surface area contributed by atoms with E-state index in [4.69, 9.17) is 45.0 Å². The van der Waals surface area contributed by atoms with E-state index in [-0.39, 0.29) is 33.3 Å². The molecule has 0 saturated carbocycles. The number of nitrogens with zero attached hydrogens (tertiary/aromatic N) is 2. The van der Waals surface area contributed by atoms with Crippen LogP contribution in [0.4, 0.5) is 5.69 Å². The summed E-state index contributed by atoms with van der Waals surface area (Å²) in [6.07, 6.45) is -0.488. The van der Waals surface area contributed by atoms with Crippen molar-refractivity contribution in [2.75, 3.05) is 5.73 Å². The lowest BCUT2D eigenvalue weighted by atomic mass is 9.37. The molecule has 118 valence electrons. The van der Waals surface area contributed by atoms with Crippen LogP contribution in [0.15, 0.2) is 10.9 Å². The lowest BCUT2D eigenvalue weighted by molar-refractivity contribution is -0.138. The number of amides is 2. The van der Waals surface area contributed by atoms with Gasteiger partial charge in [0, 0.05) is 12.1 Å². The Labute approximate surface area is 155 Å². The van der Waals surface area contributed by atoms with Crippen LogP contribution in [0.2, 0.25) is 5.21 Å². The van der Waals surface area contributed by atoms with E-state index in [2.05, 4.69) is 4.98 Å². The quantitative estimate of drug-likeness (QED) is 0.316. The van der Waals surface area contributed by atoms with Gasteiger partial charge in [-0.05, 0) is 13.0 Å². The summed E-state index contributed by atoms with van der Waals surface area (Å²) in [6, 6.07) is 1.30. The third-order valence-corrected chi connectivity index (χ3v) is 4.53. The van der Waals surface area contributed by atoms with Crippen molar-refractivity contribution in [3.63, 3.8) is 0 Å². The first-order valence-electron chi connectivity index (χ1n) is 7.50. The minimum Gasteiger partial charge on any atom is -0.398 e. The molecule has 2 aromatic rings. The van der Waals surface area contributed by atoms with Gasteiger partial charge in [-0.25, -0.2) is 4.98 Å². The monoisotopic (exact) mass is 336 g/mol. The molecule has 1 aliphatic heterocycles. The Hall–Kier alpha value is -2.38. The highest BCUT2D eigenvalue weighted by Crippen LogP contribution is 2.42. The van der Waals surface area contributed by atoms with Gasteiger partial charge in [0.25, 0.3) is 5.56 Å². The largest absolute Gasteiger partial charge is 0.398 e. The fraction of sp³-hybridized carbons (Fsp3) is 0.286. The summed E-state index contributed by atoms with van der Waals surface area (Å²) in [5, 5.41) is -0.106. The van der Waals surface area contributed by atoms with Crippen LogP contribution in [0.25, 0.3) is 10.9 Å². The minimum absolute atomic E-state index is 0.00603. The van der Waals surface area contributed by atoms with Crippen molar-refractivity contribution in [2.24, 2.45) is 0 Å². The molecule has 1 fully saturated rings. The molecule has 3 rings (SSSR count). The van der Waals surface area contributed by atoms with Crippen LogP contribution in [-0.2, 0) is 15.0 Å². The predicted molar refractivity (Wildman–Crippen MR) is 102 cm³/mol. The number of aryl methyl sites for hydroxylation is 1. The first-order valence-corrected chi connectivity index (χ1v) is 7.50. The van der Waals surface area contributed by atoms with Crippen LogP contribution in [0, 0.1) is 6.92 Å². The van der Waals surface area contributed by atoms with E-state index in [9.17, 15) is 14.4 Å². The zero-order chi connectivity index (χ0) is 19.6. The molecule has 1 aromatic heterocycles. The average Bonchev–Trinajstić information content (AvgIpc) is 2.49. The SMILES string of the molecule is [B]c1cc(N)c2c(=O)n(C3([B])C(=O)NC(=O)CC3([B])[B])c(C)nc2c1[B]. The van der Waals surface area contributed by atoms with Crippen molar-refractivity contribution < 1.29 is 9.59 Å². The van der Waals surface area contributed by atoms with E-state index in [1.807, 2.05) is 5.32 Å². The zero-order valence-electron chi connectivity index (χ0n) is 13.9. The van der Waals surface area contributed by atoms with Gasteiger partial charge in [0.1, 0.15) is 29.4 Å². The number of nitrogens with one attached hydrogen (secondary N) is 1. The van der Waals surface area contributed by atoms with Crippen molar-refractivity contribution in [1.29, 1.82) is 0 Å². The molecule has 3 N–H and O–H groups in total. The van der Waals surface area contributed by atoms with Gasteiger partial charge in [0.15, 0.2) is 0 Å². The lowest BCUT2D eigenvalue weighted by Crippen LogP contribution is -2.66. The van der Waals surface area contributed by atoms with Crippen LogP contribution < -0.4 is 27.5 Å². The van der Waals surface area contributed by atoms with E-state index < -0.39 is 34.4 Å². The second kappa shape index (κ2) is 5.56. The molecule has 2 amide bonds. The maximum absolute atomic E-state index is 13.1. The Kier molecular flexibility index (Phi) is 3.94. The highest BCUT2D eigenvalue weighted by molar-refractivity contribution is 6.53. The molecule has 7 nitrogen and oxygen atoms in total. The Morgan fingerprint density at radius 1 is 1.23 bits per heavy atom. The van der Waals surface area contributed by atoms with Crippen LogP contribution in [0.5, 0.6) is 0 Å². The van der Waals surface area contributed by atoms with E-state index in [1.165, 1.54) is 13.0 Å². The molecule has 1 unspecified atom stereocenters. The second-order valence-corrected chi connectivity index (χ2v) is 6.35. The number of carbonyl (C=O) groups excluding carboxylic acids is 2. The first kappa shape index (κ1) is 18.4. The van der Waals surface area contributed by atoms with Gasteiger partial charge in [-0.2, -0.15) is 0 Å². The number of hydrogen-bond donors (Lipinski definition) is 2. The number of imide groups is 1. The lowest BCUT2D eigenvalue weighted by Gasteiger charge is -2.48. The number of fused-ring (bicyclic) bond motifs is 1. The van der Waals surface area contributed by atoms with Crippen LogP contribution >= 0.6 is 0 Å². The molecule has 12 heteroatoms. The summed E-state index contributed by atoms with van der Waals surface area (Å²) in [5.41, 5.74) is 3.09. The summed E-state index contributed by atoms with van der Waals surface area (Å²) in [4.78, 5) is 41.5. The third kappa shape index (κ3) is 2.27. The smallest absolute Gasteiger partial charge is 0.263 e. The number of nitrogens with two attached hydrogens (primary N) is 1. The number of piperidine rings is 1. The molecule has 1 aromatic carbocycles. The minimum atomic E-state index is -2.29. The topological polar surface area (TPSA) is 107 Å². The van der Waals surface area contributed by atoms with Gasteiger partial charge in [-0.15, -0.1) is 0 Å². The first-order chi connectivity index (χ1) is 11.9. The summed E-state index contributed by atoms with van der Waals surface area (Å²) in [7, 11) is 29.7. The van der Waals surface area contributed by atoms with Gasteiger partial charge in [-0.1, -0.05) is 16.1 Å². The van der Waals surface area contributed by atoms with Gasteiger partial charge in [0.2, 0.25) is 11.8 Å². The maximum atomic E-state index is 13.1. The van der Waals surface area contributed by atoms with E-state index in [1.54, 1.807) is 0 Å². The van der Waals surface area contributed by atoms with Crippen molar-refractivity contribution in [3.8, 4) is 0 Å². The summed E-state index contributed by atoms with van der Waals surface area (Å²) < 4.78 is 0.823. The number of anilines is 1. The molecule has 1 atom stereocenters. The molecule has 26 heavy (non-hydrogen) atoms. The number of carbonyl (C=O) groups is 2. The molecule has 1 aliphatic rings.